The Morgan fingerprint density at radius 1 is 1.37 bits per heavy atom. The standard InChI is InChI=1S/C13H17F2N3O/c1-8-4-6-18(7-5-8)13(19)17-12-10(16)3-2-9(14)11(12)15/h2-3,8H,4-7,16H2,1H3,(H,17,19). The first-order valence-corrected chi connectivity index (χ1v) is 6.28. The first-order chi connectivity index (χ1) is 8.99. The summed E-state index contributed by atoms with van der Waals surface area (Å²) in [6.45, 7) is 3.35. The first kappa shape index (κ1) is 13.6. The Morgan fingerprint density at radius 3 is 2.63 bits per heavy atom. The predicted molar refractivity (Wildman–Crippen MR) is 69.8 cm³/mol. The van der Waals surface area contributed by atoms with Gasteiger partial charge in [-0.05, 0) is 30.9 Å². The Hall–Kier alpha value is -1.85. The molecule has 1 aliphatic rings. The molecule has 1 aliphatic heterocycles. The largest absolute Gasteiger partial charge is 0.397 e. The molecule has 0 radical (unpaired) electrons. The highest BCUT2D eigenvalue weighted by molar-refractivity contribution is 5.92. The Morgan fingerprint density at radius 2 is 2.00 bits per heavy atom. The van der Waals surface area contributed by atoms with Gasteiger partial charge < -0.3 is 16.0 Å². The van der Waals surface area contributed by atoms with Gasteiger partial charge in [0.2, 0.25) is 0 Å². The third kappa shape index (κ3) is 2.94. The van der Waals surface area contributed by atoms with Crippen LogP contribution in [0.2, 0.25) is 0 Å². The summed E-state index contributed by atoms with van der Waals surface area (Å²) in [4.78, 5) is 13.5. The normalized spacial score (nSPS) is 16.5. The fourth-order valence-electron chi connectivity index (χ4n) is 2.09. The highest BCUT2D eigenvalue weighted by atomic mass is 19.2. The molecule has 0 aliphatic carbocycles. The summed E-state index contributed by atoms with van der Waals surface area (Å²) in [5.74, 6) is -1.57. The number of rotatable bonds is 1. The van der Waals surface area contributed by atoms with Crippen LogP contribution in [0.4, 0.5) is 25.0 Å². The number of amides is 2. The molecule has 0 saturated carbocycles. The molecule has 0 aromatic heterocycles. The van der Waals surface area contributed by atoms with Crippen molar-refractivity contribution in [2.45, 2.75) is 19.8 Å². The number of nitrogens with two attached hydrogens (primary N) is 1. The van der Waals surface area contributed by atoms with Gasteiger partial charge in [0.15, 0.2) is 11.6 Å². The molecule has 2 rings (SSSR count). The van der Waals surface area contributed by atoms with Crippen molar-refractivity contribution in [3.8, 4) is 0 Å². The van der Waals surface area contributed by atoms with Crippen LogP contribution >= 0.6 is 0 Å². The van der Waals surface area contributed by atoms with E-state index in [-0.39, 0.29) is 11.4 Å². The van der Waals surface area contributed by atoms with Crippen molar-refractivity contribution in [1.29, 1.82) is 0 Å². The number of benzene rings is 1. The molecule has 4 nitrogen and oxygen atoms in total. The molecule has 0 atom stereocenters. The van der Waals surface area contributed by atoms with Crippen LogP contribution in [0.3, 0.4) is 0 Å². The van der Waals surface area contributed by atoms with E-state index in [1.54, 1.807) is 4.90 Å². The van der Waals surface area contributed by atoms with Gasteiger partial charge in [0.1, 0.15) is 5.69 Å². The molecule has 2 amide bonds. The second kappa shape index (κ2) is 5.42. The smallest absolute Gasteiger partial charge is 0.321 e. The summed E-state index contributed by atoms with van der Waals surface area (Å²) in [6.07, 6.45) is 1.82. The van der Waals surface area contributed by atoms with Gasteiger partial charge in [-0.1, -0.05) is 6.92 Å². The lowest BCUT2D eigenvalue weighted by Gasteiger charge is -2.30. The number of urea groups is 1. The Kier molecular flexibility index (Phi) is 3.87. The molecule has 1 fully saturated rings. The Bertz CT molecular complexity index is 485. The maximum atomic E-state index is 13.6. The zero-order valence-electron chi connectivity index (χ0n) is 10.7. The number of hydrogen-bond acceptors (Lipinski definition) is 2. The summed E-state index contributed by atoms with van der Waals surface area (Å²) < 4.78 is 26.7. The molecule has 0 spiro atoms. The van der Waals surface area contributed by atoms with Gasteiger partial charge in [0.05, 0.1) is 5.69 Å². The average molecular weight is 269 g/mol. The minimum atomic E-state index is -1.13. The second-order valence-corrected chi connectivity index (χ2v) is 4.93. The van der Waals surface area contributed by atoms with Crippen LogP contribution in [-0.2, 0) is 0 Å². The minimum absolute atomic E-state index is 0.0117. The number of nitrogens with one attached hydrogen (secondary N) is 1. The van der Waals surface area contributed by atoms with Crippen LogP contribution in [0.5, 0.6) is 0 Å². The number of carbonyl (C=O) groups is 1. The van der Waals surface area contributed by atoms with E-state index in [1.165, 1.54) is 6.07 Å². The number of piperidine rings is 1. The molecule has 0 bridgehead atoms. The number of nitrogens with zero attached hydrogens (tertiary/aromatic N) is 1. The van der Waals surface area contributed by atoms with Crippen molar-refractivity contribution < 1.29 is 13.6 Å². The summed E-state index contributed by atoms with van der Waals surface area (Å²) in [5, 5.41) is 2.35. The summed E-state index contributed by atoms with van der Waals surface area (Å²) >= 11 is 0. The maximum absolute atomic E-state index is 13.6. The van der Waals surface area contributed by atoms with E-state index in [9.17, 15) is 13.6 Å². The van der Waals surface area contributed by atoms with Gasteiger partial charge in [0, 0.05) is 13.1 Å². The van der Waals surface area contributed by atoms with Crippen molar-refractivity contribution >= 4 is 17.4 Å². The van der Waals surface area contributed by atoms with Crippen LogP contribution in [0, 0.1) is 17.6 Å². The quantitative estimate of drug-likeness (QED) is 0.770. The molecule has 1 aromatic carbocycles. The lowest BCUT2D eigenvalue weighted by atomic mass is 10.00. The SMILES string of the molecule is CC1CCN(C(=O)Nc2c(N)ccc(F)c2F)CC1. The van der Waals surface area contributed by atoms with Gasteiger partial charge in [0.25, 0.3) is 0 Å². The molecular weight excluding hydrogens is 252 g/mol. The molecular formula is C13H17F2N3O. The van der Waals surface area contributed by atoms with Crippen LogP contribution in [-0.4, -0.2) is 24.0 Å². The lowest BCUT2D eigenvalue weighted by Crippen LogP contribution is -2.40. The van der Waals surface area contributed by atoms with E-state index >= 15 is 0 Å². The third-order valence-corrected chi connectivity index (χ3v) is 3.43. The van der Waals surface area contributed by atoms with Crippen molar-refractivity contribution in [2.24, 2.45) is 5.92 Å². The van der Waals surface area contributed by atoms with Gasteiger partial charge in [-0.3, -0.25) is 0 Å². The topological polar surface area (TPSA) is 58.4 Å². The molecule has 0 unspecified atom stereocenters. The molecule has 104 valence electrons. The minimum Gasteiger partial charge on any atom is -0.397 e. The van der Waals surface area contributed by atoms with Crippen molar-refractivity contribution in [1.82, 2.24) is 4.90 Å². The fraction of sp³-hybridized carbons (Fsp3) is 0.462. The van der Waals surface area contributed by atoms with Gasteiger partial charge >= 0.3 is 6.03 Å². The number of anilines is 2. The number of hydrogen-bond donors (Lipinski definition) is 2. The third-order valence-electron chi connectivity index (χ3n) is 3.43. The predicted octanol–water partition coefficient (Wildman–Crippen LogP) is 2.81. The van der Waals surface area contributed by atoms with Gasteiger partial charge in [-0.15, -0.1) is 0 Å². The number of likely N-dealkylation sites (tertiary alicyclic amines) is 1. The Labute approximate surface area is 110 Å². The van der Waals surface area contributed by atoms with E-state index in [0.29, 0.717) is 19.0 Å². The van der Waals surface area contributed by atoms with E-state index in [1.807, 2.05) is 0 Å². The van der Waals surface area contributed by atoms with Crippen molar-refractivity contribution in [2.75, 3.05) is 24.1 Å². The molecule has 3 N–H and O–H groups in total. The molecule has 1 saturated heterocycles. The first-order valence-electron chi connectivity index (χ1n) is 6.28. The van der Waals surface area contributed by atoms with E-state index in [2.05, 4.69) is 12.2 Å². The van der Waals surface area contributed by atoms with E-state index < -0.39 is 17.7 Å². The molecule has 19 heavy (non-hydrogen) atoms. The molecule has 1 heterocycles. The number of nitrogen functional groups attached to an aromatic ring is 1. The zero-order chi connectivity index (χ0) is 14.0. The molecule has 6 heteroatoms. The van der Waals surface area contributed by atoms with Crippen LogP contribution in [0.15, 0.2) is 12.1 Å². The Balaban J connectivity index is 2.09. The number of halogens is 2. The summed E-state index contributed by atoms with van der Waals surface area (Å²) in [6, 6.07) is 1.72. The second-order valence-electron chi connectivity index (χ2n) is 4.93. The average Bonchev–Trinajstić information content (AvgIpc) is 2.40. The number of carbonyl (C=O) groups excluding carboxylic acids is 1. The van der Waals surface area contributed by atoms with Crippen LogP contribution in [0.1, 0.15) is 19.8 Å². The van der Waals surface area contributed by atoms with Crippen molar-refractivity contribution in [3.63, 3.8) is 0 Å². The van der Waals surface area contributed by atoms with E-state index in [0.717, 1.165) is 18.9 Å². The highest BCUT2D eigenvalue weighted by Crippen LogP contribution is 2.25. The van der Waals surface area contributed by atoms with Gasteiger partial charge in [-0.25, -0.2) is 13.6 Å². The van der Waals surface area contributed by atoms with Crippen LogP contribution < -0.4 is 11.1 Å². The summed E-state index contributed by atoms with van der Waals surface area (Å²) in [7, 11) is 0. The van der Waals surface area contributed by atoms with Crippen LogP contribution in [0.25, 0.3) is 0 Å². The molecule has 1 aromatic rings. The van der Waals surface area contributed by atoms with Crippen molar-refractivity contribution in [3.05, 3.63) is 23.8 Å². The van der Waals surface area contributed by atoms with E-state index in [4.69, 9.17) is 5.73 Å². The lowest BCUT2D eigenvalue weighted by molar-refractivity contribution is 0.186. The van der Waals surface area contributed by atoms with Gasteiger partial charge in [-0.2, -0.15) is 0 Å². The highest BCUT2D eigenvalue weighted by Gasteiger charge is 2.22. The fourth-order valence-corrected chi connectivity index (χ4v) is 2.09. The zero-order valence-corrected chi connectivity index (χ0v) is 10.7. The maximum Gasteiger partial charge on any atom is 0.321 e. The summed E-state index contributed by atoms with van der Waals surface area (Å²) in [5.41, 5.74) is 5.27. The monoisotopic (exact) mass is 269 g/mol.